The fourth-order valence-electron chi connectivity index (χ4n) is 1.92. The van der Waals surface area contributed by atoms with Crippen LogP contribution in [0.1, 0.15) is 36.7 Å². The molecule has 0 radical (unpaired) electrons. The number of ether oxygens (including phenoxy) is 1. The topological polar surface area (TPSA) is 57.2 Å². The van der Waals surface area contributed by atoms with Crippen molar-refractivity contribution in [1.82, 2.24) is 4.68 Å². The lowest BCUT2D eigenvalue weighted by Gasteiger charge is -2.20. The molecule has 0 fully saturated rings. The van der Waals surface area contributed by atoms with Gasteiger partial charge in [0.25, 0.3) is 0 Å². The van der Waals surface area contributed by atoms with Crippen LogP contribution in [0.5, 0.6) is 0 Å². The first-order chi connectivity index (χ1) is 8.29. The maximum absolute atomic E-state index is 12.1. The number of esters is 1. The Hall–Kier alpha value is -1.97. The third-order valence-electron chi connectivity index (χ3n) is 2.71. The molecule has 0 saturated carbocycles. The summed E-state index contributed by atoms with van der Waals surface area (Å²) in [6.45, 7) is 7.52. The number of fused-ring (bicyclic) bond motifs is 1. The Labute approximate surface area is 106 Å². The summed E-state index contributed by atoms with van der Waals surface area (Å²) in [5, 5.41) is 0.973. The molecule has 0 saturated heterocycles. The highest BCUT2D eigenvalue weighted by molar-refractivity contribution is 6.04. The minimum absolute atomic E-state index is 0.349. The molecule has 0 aliphatic rings. The maximum Gasteiger partial charge on any atom is 0.340 e. The van der Waals surface area contributed by atoms with E-state index in [1.54, 1.807) is 12.3 Å². The first-order valence-electron chi connectivity index (χ1n) is 5.89. The Balaban J connectivity index is 2.55. The Kier molecular flexibility index (Phi) is 2.81. The normalized spacial score (nSPS) is 11.8. The molecule has 18 heavy (non-hydrogen) atoms. The molecule has 1 aromatic carbocycles. The summed E-state index contributed by atoms with van der Waals surface area (Å²) >= 11 is 0. The summed E-state index contributed by atoms with van der Waals surface area (Å²) < 4.78 is 6.85. The minimum Gasteiger partial charge on any atom is -0.456 e. The SMILES string of the molecule is Cc1ccc(C(=O)OC(C)(C)C)c2c1ccn2N. The van der Waals surface area contributed by atoms with E-state index in [1.807, 2.05) is 39.8 Å². The molecule has 0 spiro atoms. The maximum atomic E-state index is 12.1. The van der Waals surface area contributed by atoms with Gasteiger partial charge in [-0.25, -0.2) is 4.79 Å². The van der Waals surface area contributed by atoms with Gasteiger partial charge in [0.05, 0.1) is 11.1 Å². The molecule has 4 heteroatoms. The van der Waals surface area contributed by atoms with Crippen LogP contribution in [0.15, 0.2) is 24.4 Å². The Morgan fingerprint density at radius 2 is 1.94 bits per heavy atom. The predicted molar refractivity (Wildman–Crippen MR) is 72.0 cm³/mol. The lowest BCUT2D eigenvalue weighted by molar-refractivity contribution is 0.00715. The number of hydrogen-bond donors (Lipinski definition) is 1. The second-order valence-corrected chi connectivity index (χ2v) is 5.42. The highest BCUT2D eigenvalue weighted by Crippen LogP contribution is 2.24. The number of nitrogens with two attached hydrogens (primary N) is 1. The van der Waals surface area contributed by atoms with Crippen molar-refractivity contribution >= 4 is 16.9 Å². The van der Waals surface area contributed by atoms with Gasteiger partial charge in [0.2, 0.25) is 0 Å². The van der Waals surface area contributed by atoms with Crippen LogP contribution in [0.4, 0.5) is 0 Å². The van der Waals surface area contributed by atoms with Gasteiger partial charge in [-0.3, -0.25) is 4.68 Å². The van der Waals surface area contributed by atoms with Crippen molar-refractivity contribution in [3.05, 3.63) is 35.5 Å². The van der Waals surface area contributed by atoms with Crippen LogP contribution >= 0.6 is 0 Å². The average Bonchev–Trinajstić information content (AvgIpc) is 2.60. The number of aryl methyl sites for hydroxylation is 1. The van der Waals surface area contributed by atoms with E-state index in [0.29, 0.717) is 11.1 Å². The van der Waals surface area contributed by atoms with Crippen LogP contribution < -0.4 is 5.84 Å². The molecule has 0 aliphatic carbocycles. The fraction of sp³-hybridized carbons (Fsp3) is 0.357. The molecule has 1 heterocycles. The zero-order valence-corrected chi connectivity index (χ0v) is 11.2. The van der Waals surface area contributed by atoms with E-state index in [4.69, 9.17) is 10.6 Å². The molecule has 0 aliphatic heterocycles. The summed E-state index contributed by atoms with van der Waals surface area (Å²) in [6.07, 6.45) is 1.74. The van der Waals surface area contributed by atoms with E-state index in [2.05, 4.69) is 0 Å². The van der Waals surface area contributed by atoms with Gasteiger partial charge in [0.15, 0.2) is 0 Å². The number of benzene rings is 1. The molecule has 2 rings (SSSR count). The molecule has 0 bridgehead atoms. The summed E-state index contributed by atoms with van der Waals surface area (Å²) in [5.74, 6) is 5.51. The molecule has 2 aromatic rings. The van der Waals surface area contributed by atoms with Crippen LogP contribution in [0.2, 0.25) is 0 Å². The van der Waals surface area contributed by atoms with Gasteiger partial charge < -0.3 is 10.6 Å². The van der Waals surface area contributed by atoms with Gasteiger partial charge in [0, 0.05) is 11.6 Å². The van der Waals surface area contributed by atoms with Gasteiger partial charge >= 0.3 is 5.97 Å². The highest BCUT2D eigenvalue weighted by atomic mass is 16.6. The second-order valence-electron chi connectivity index (χ2n) is 5.42. The molecule has 0 amide bonds. The predicted octanol–water partition coefficient (Wildman–Crippen LogP) is 2.62. The Bertz CT molecular complexity index is 606. The van der Waals surface area contributed by atoms with E-state index in [0.717, 1.165) is 10.9 Å². The zero-order valence-electron chi connectivity index (χ0n) is 11.2. The lowest BCUT2D eigenvalue weighted by atomic mass is 10.1. The number of carbonyl (C=O) groups is 1. The zero-order chi connectivity index (χ0) is 13.5. The third-order valence-corrected chi connectivity index (χ3v) is 2.71. The summed E-state index contributed by atoms with van der Waals surface area (Å²) in [4.78, 5) is 12.1. The average molecular weight is 246 g/mol. The fourth-order valence-corrected chi connectivity index (χ4v) is 1.92. The standard InChI is InChI=1S/C14H18N2O2/c1-9-5-6-11(13(17)18-14(2,3)4)12-10(9)7-8-16(12)15/h5-8H,15H2,1-4H3. The lowest BCUT2D eigenvalue weighted by Crippen LogP contribution is -2.24. The van der Waals surface area contributed by atoms with Crippen molar-refractivity contribution in [3.8, 4) is 0 Å². The second kappa shape index (κ2) is 4.05. The first kappa shape index (κ1) is 12.5. The van der Waals surface area contributed by atoms with Crippen molar-refractivity contribution in [2.75, 3.05) is 5.84 Å². The van der Waals surface area contributed by atoms with Crippen LogP contribution in [-0.4, -0.2) is 16.2 Å². The number of hydrogen-bond acceptors (Lipinski definition) is 3. The quantitative estimate of drug-likeness (QED) is 0.621. The molecule has 0 atom stereocenters. The van der Waals surface area contributed by atoms with Gasteiger partial charge in [-0.15, -0.1) is 0 Å². The van der Waals surface area contributed by atoms with E-state index in [1.165, 1.54) is 4.68 Å². The molecule has 2 N–H and O–H groups in total. The largest absolute Gasteiger partial charge is 0.456 e. The van der Waals surface area contributed by atoms with E-state index < -0.39 is 5.60 Å². The van der Waals surface area contributed by atoms with Gasteiger partial charge in [-0.05, 0) is 45.4 Å². The highest BCUT2D eigenvalue weighted by Gasteiger charge is 2.21. The monoisotopic (exact) mass is 246 g/mol. The molecular weight excluding hydrogens is 228 g/mol. The number of aromatic nitrogens is 1. The van der Waals surface area contributed by atoms with E-state index in [9.17, 15) is 4.79 Å². The smallest absolute Gasteiger partial charge is 0.340 e. The van der Waals surface area contributed by atoms with Crippen molar-refractivity contribution < 1.29 is 9.53 Å². The molecule has 1 aromatic heterocycles. The molecule has 4 nitrogen and oxygen atoms in total. The Morgan fingerprint density at radius 1 is 1.28 bits per heavy atom. The van der Waals surface area contributed by atoms with E-state index in [-0.39, 0.29) is 5.97 Å². The number of carbonyl (C=O) groups excluding carboxylic acids is 1. The van der Waals surface area contributed by atoms with Gasteiger partial charge in [-0.1, -0.05) is 6.07 Å². The van der Waals surface area contributed by atoms with Gasteiger partial charge in [0.1, 0.15) is 5.60 Å². The number of nitrogen functional groups attached to an aromatic ring is 1. The summed E-state index contributed by atoms with van der Waals surface area (Å²) in [7, 11) is 0. The minimum atomic E-state index is -0.514. The number of rotatable bonds is 1. The van der Waals surface area contributed by atoms with Crippen molar-refractivity contribution in [1.29, 1.82) is 0 Å². The summed E-state index contributed by atoms with van der Waals surface area (Å²) in [6, 6.07) is 5.56. The van der Waals surface area contributed by atoms with Crippen LogP contribution in [-0.2, 0) is 4.74 Å². The van der Waals surface area contributed by atoms with Gasteiger partial charge in [-0.2, -0.15) is 0 Å². The first-order valence-corrected chi connectivity index (χ1v) is 5.89. The van der Waals surface area contributed by atoms with Crippen molar-refractivity contribution in [3.63, 3.8) is 0 Å². The van der Waals surface area contributed by atoms with Crippen LogP contribution in [0, 0.1) is 6.92 Å². The molecule has 0 unspecified atom stereocenters. The molecule has 96 valence electrons. The van der Waals surface area contributed by atoms with Crippen LogP contribution in [0.25, 0.3) is 10.9 Å². The summed E-state index contributed by atoms with van der Waals surface area (Å²) in [5.41, 5.74) is 1.78. The van der Waals surface area contributed by atoms with Crippen molar-refractivity contribution in [2.24, 2.45) is 0 Å². The molecular formula is C14H18N2O2. The van der Waals surface area contributed by atoms with Crippen LogP contribution in [0.3, 0.4) is 0 Å². The van der Waals surface area contributed by atoms with Crippen molar-refractivity contribution in [2.45, 2.75) is 33.3 Å². The van der Waals surface area contributed by atoms with E-state index >= 15 is 0 Å². The Morgan fingerprint density at radius 3 is 2.56 bits per heavy atom. The number of nitrogens with zero attached hydrogens (tertiary/aromatic N) is 1. The third kappa shape index (κ3) is 2.18.